The van der Waals surface area contributed by atoms with E-state index in [2.05, 4.69) is 56.3 Å². The Balaban J connectivity index is 0.00000264. The molecule has 2 aliphatic rings. The lowest BCUT2D eigenvalue weighted by Crippen LogP contribution is -2.44. The Labute approximate surface area is 235 Å². The SMILES string of the molecule is CN1C[C@@H]2C[C@H]1CN2c1ccc(-c2ccnc3c(-c4ccc(F)c5[nH]ncc45)c(-c4ccncc4)nn23)cc1.Cl. The molecule has 6 heterocycles. The third-order valence-corrected chi connectivity index (χ3v) is 8.32. The fourth-order valence-corrected chi connectivity index (χ4v) is 6.35. The average Bonchev–Trinajstić information content (AvgIpc) is 3.77. The van der Waals surface area contributed by atoms with Gasteiger partial charge in [-0.3, -0.25) is 15.0 Å². The molecule has 0 amide bonds. The Morgan fingerprint density at radius 1 is 0.900 bits per heavy atom. The van der Waals surface area contributed by atoms with Gasteiger partial charge in [0.05, 0.1) is 17.5 Å². The number of likely N-dealkylation sites (N-methyl/N-ethyl adjacent to an activating group) is 1. The van der Waals surface area contributed by atoms with Gasteiger partial charge in [0, 0.05) is 66.0 Å². The van der Waals surface area contributed by atoms with Crippen LogP contribution in [0.1, 0.15) is 6.42 Å². The molecule has 0 radical (unpaired) electrons. The third-order valence-electron chi connectivity index (χ3n) is 8.32. The number of likely N-dealkylation sites (tertiary alicyclic amines) is 1. The number of rotatable bonds is 4. The van der Waals surface area contributed by atoms with Gasteiger partial charge in [0.25, 0.3) is 0 Å². The predicted octanol–water partition coefficient (Wildman–Crippen LogP) is 5.46. The second kappa shape index (κ2) is 9.39. The Bertz CT molecular complexity index is 1850. The van der Waals surface area contributed by atoms with Gasteiger partial charge in [0.15, 0.2) is 5.65 Å². The number of aromatic amines is 1. The first kappa shape index (κ1) is 24.7. The number of piperazine rings is 1. The first-order valence-electron chi connectivity index (χ1n) is 13.1. The number of benzene rings is 2. The summed E-state index contributed by atoms with van der Waals surface area (Å²) in [6.07, 6.45) is 8.20. The van der Waals surface area contributed by atoms with Crippen LogP contribution < -0.4 is 4.90 Å². The van der Waals surface area contributed by atoms with Crippen molar-refractivity contribution < 1.29 is 4.39 Å². The summed E-state index contributed by atoms with van der Waals surface area (Å²) in [5.74, 6) is -0.347. The molecule has 2 atom stereocenters. The average molecular weight is 553 g/mol. The number of anilines is 1. The van der Waals surface area contributed by atoms with E-state index in [1.807, 2.05) is 28.9 Å². The molecule has 0 aliphatic carbocycles. The molecule has 8 nitrogen and oxygen atoms in total. The molecule has 2 bridgehead atoms. The minimum atomic E-state index is -0.347. The molecular formula is C30H26ClFN8. The number of hydrogen-bond acceptors (Lipinski definition) is 6. The highest BCUT2D eigenvalue weighted by atomic mass is 35.5. The van der Waals surface area contributed by atoms with Crippen molar-refractivity contribution in [3.05, 3.63) is 85.2 Å². The molecule has 10 heteroatoms. The largest absolute Gasteiger partial charge is 0.366 e. The molecule has 2 fully saturated rings. The Kier molecular flexibility index (Phi) is 5.80. The molecule has 2 saturated heterocycles. The van der Waals surface area contributed by atoms with Gasteiger partial charge in [-0.2, -0.15) is 10.2 Å². The standard InChI is InChI=1S/C30H25FN8.ClH/c1-37-16-22-14-21(37)17-38(22)20-4-2-18(3-5-20)26-10-13-33-30-27(23-6-7-25(31)29-24(23)15-34-35-29)28(36-39(26)30)19-8-11-32-12-9-19;/h2-13,15,21-22H,14,16-17H2,1H3,(H,34,35);1H/t21-,22-;/m0./s1. The van der Waals surface area contributed by atoms with Gasteiger partial charge >= 0.3 is 0 Å². The molecular weight excluding hydrogens is 527 g/mol. The van der Waals surface area contributed by atoms with Crippen LogP contribution >= 0.6 is 12.4 Å². The number of halogens is 2. The van der Waals surface area contributed by atoms with Crippen molar-refractivity contribution >= 4 is 34.6 Å². The van der Waals surface area contributed by atoms with E-state index in [0.717, 1.165) is 46.7 Å². The van der Waals surface area contributed by atoms with E-state index >= 15 is 0 Å². The molecule has 2 aromatic carbocycles. The lowest BCUT2D eigenvalue weighted by atomic mass is 9.98. The first-order valence-corrected chi connectivity index (χ1v) is 13.1. The minimum absolute atomic E-state index is 0. The van der Waals surface area contributed by atoms with Gasteiger partial charge < -0.3 is 4.90 Å². The van der Waals surface area contributed by atoms with E-state index in [-0.39, 0.29) is 18.2 Å². The van der Waals surface area contributed by atoms with Gasteiger partial charge in [-0.05, 0) is 55.4 Å². The van der Waals surface area contributed by atoms with Crippen molar-refractivity contribution in [2.45, 2.75) is 18.5 Å². The summed E-state index contributed by atoms with van der Waals surface area (Å²) in [4.78, 5) is 14.0. The zero-order valence-corrected chi connectivity index (χ0v) is 22.5. The van der Waals surface area contributed by atoms with Crippen LogP contribution in [0.4, 0.5) is 10.1 Å². The maximum atomic E-state index is 14.6. The number of nitrogens with one attached hydrogen (secondary N) is 1. The van der Waals surface area contributed by atoms with E-state index in [4.69, 9.17) is 10.1 Å². The molecule has 40 heavy (non-hydrogen) atoms. The smallest absolute Gasteiger partial charge is 0.164 e. The molecule has 200 valence electrons. The van der Waals surface area contributed by atoms with E-state index in [0.29, 0.717) is 28.6 Å². The summed E-state index contributed by atoms with van der Waals surface area (Å²) in [5.41, 5.74) is 7.59. The van der Waals surface area contributed by atoms with Crippen molar-refractivity contribution in [3.63, 3.8) is 0 Å². The van der Waals surface area contributed by atoms with E-state index < -0.39 is 0 Å². The topological polar surface area (TPSA) is 78.2 Å². The molecule has 1 N–H and O–H groups in total. The van der Waals surface area contributed by atoms with Gasteiger partial charge in [0.2, 0.25) is 0 Å². The molecule has 0 unspecified atom stereocenters. The van der Waals surface area contributed by atoms with Crippen LogP contribution in [-0.2, 0) is 0 Å². The van der Waals surface area contributed by atoms with Gasteiger partial charge in [-0.25, -0.2) is 13.9 Å². The van der Waals surface area contributed by atoms with Crippen LogP contribution in [0.3, 0.4) is 0 Å². The summed E-state index contributed by atoms with van der Waals surface area (Å²) >= 11 is 0. The van der Waals surface area contributed by atoms with E-state index in [9.17, 15) is 4.39 Å². The molecule has 0 spiro atoms. The number of pyridine rings is 1. The second-order valence-electron chi connectivity index (χ2n) is 10.5. The quantitative estimate of drug-likeness (QED) is 0.313. The van der Waals surface area contributed by atoms with Crippen molar-refractivity contribution in [2.24, 2.45) is 0 Å². The normalized spacial score (nSPS) is 18.6. The van der Waals surface area contributed by atoms with Gasteiger partial charge in [-0.15, -0.1) is 12.4 Å². The number of H-pyrrole nitrogens is 1. The number of hydrogen-bond donors (Lipinski definition) is 1. The molecule has 6 aromatic rings. The zero-order chi connectivity index (χ0) is 26.1. The molecule has 0 saturated carbocycles. The van der Waals surface area contributed by atoms with Gasteiger partial charge in [-0.1, -0.05) is 18.2 Å². The van der Waals surface area contributed by atoms with Crippen molar-refractivity contribution in [1.82, 2.24) is 34.7 Å². The maximum absolute atomic E-state index is 14.6. The maximum Gasteiger partial charge on any atom is 0.164 e. The summed E-state index contributed by atoms with van der Waals surface area (Å²) in [6.45, 7) is 2.20. The Morgan fingerprint density at radius 2 is 1.73 bits per heavy atom. The molecule has 8 rings (SSSR count). The van der Waals surface area contributed by atoms with Crippen LogP contribution in [0.25, 0.3) is 50.2 Å². The minimum Gasteiger partial charge on any atom is -0.366 e. The summed E-state index contributed by atoms with van der Waals surface area (Å²) < 4.78 is 16.4. The fourth-order valence-electron chi connectivity index (χ4n) is 6.35. The summed E-state index contributed by atoms with van der Waals surface area (Å²) in [5, 5.41) is 12.7. The summed E-state index contributed by atoms with van der Waals surface area (Å²) in [7, 11) is 2.22. The highest BCUT2D eigenvalue weighted by Crippen LogP contribution is 2.40. The Morgan fingerprint density at radius 3 is 2.48 bits per heavy atom. The zero-order valence-electron chi connectivity index (χ0n) is 21.7. The highest BCUT2D eigenvalue weighted by Gasteiger charge is 2.41. The fraction of sp³-hybridized carbons (Fsp3) is 0.200. The van der Waals surface area contributed by atoms with Crippen LogP contribution in [0.2, 0.25) is 0 Å². The third kappa shape index (κ3) is 3.69. The van der Waals surface area contributed by atoms with Crippen molar-refractivity contribution in [1.29, 1.82) is 0 Å². The highest BCUT2D eigenvalue weighted by molar-refractivity contribution is 6.03. The lowest BCUT2D eigenvalue weighted by molar-refractivity contribution is 0.292. The van der Waals surface area contributed by atoms with E-state index in [1.54, 1.807) is 24.7 Å². The van der Waals surface area contributed by atoms with Crippen molar-refractivity contribution in [2.75, 3.05) is 25.0 Å². The summed E-state index contributed by atoms with van der Waals surface area (Å²) in [6, 6.07) is 19.1. The van der Waals surface area contributed by atoms with Crippen LogP contribution in [0, 0.1) is 5.82 Å². The predicted molar refractivity (Wildman–Crippen MR) is 156 cm³/mol. The first-order chi connectivity index (χ1) is 19.2. The van der Waals surface area contributed by atoms with Crippen LogP contribution in [0.5, 0.6) is 0 Å². The number of aromatic nitrogens is 6. The number of fused-ring (bicyclic) bond motifs is 4. The van der Waals surface area contributed by atoms with Crippen LogP contribution in [0.15, 0.2) is 79.4 Å². The van der Waals surface area contributed by atoms with Crippen LogP contribution in [-0.4, -0.2) is 66.9 Å². The van der Waals surface area contributed by atoms with Gasteiger partial charge in [0.1, 0.15) is 17.0 Å². The van der Waals surface area contributed by atoms with E-state index in [1.165, 1.54) is 18.2 Å². The Hall–Kier alpha value is -4.34. The van der Waals surface area contributed by atoms with Crippen molar-refractivity contribution in [3.8, 4) is 33.6 Å². The lowest BCUT2D eigenvalue weighted by Gasteiger charge is -2.33. The molecule has 4 aromatic heterocycles. The second-order valence-corrected chi connectivity index (χ2v) is 10.5. The number of nitrogens with zero attached hydrogens (tertiary/aromatic N) is 7. The monoisotopic (exact) mass is 552 g/mol. The molecule has 2 aliphatic heterocycles.